The van der Waals surface area contributed by atoms with Crippen molar-refractivity contribution in [2.45, 2.75) is 105 Å². The number of ether oxygens (including phenoxy) is 2. The molecule has 0 aromatic rings. The van der Waals surface area contributed by atoms with E-state index in [4.69, 9.17) is 9.47 Å². The third kappa shape index (κ3) is 3.80. The van der Waals surface area contributed by atoms with Gasteiger partial charge in [-0.15, -0.1) is 0 Å². The van der Waals surface area contributed by atoms with Gasteiger partial charge in [0.25, 0.3) is 0 Å². The Balaban J connectivity index is 1.50. The fourth-order valence-electron chi connectivity index (χ4n) is 10.3. The lowest BCUT2D eigenvalue weighted by Crippen LogP contribution is -2.61. The number of carbonyl (C=O) groups is 2. The van der Waals surface area contributed by atoms with Crippen LogP contribution in [-0.2, 0) is 19.1 Å². The van der Waals surface area contributed by atoms with Gasteiger partial charge in [0.05, 0.1) is 6.61 Å². The van der Waals surface area contributed by atoms with E-state index in [9.17, 15) is 19.8 Å². The molecule has 4 saturated carbocycles. The molecule has 0 saturated heterocycles. The second-order valence-electron chi connectivity index (χ2n) is 13.8. The molecule has 0 spiro atoms. The van der Waals surface area contributed by atoms with Crippen molar-refractivity contribution in [1.82, 2.24) is 0 Å². The zero-order chi connectivity index (χ0) is 25.4. The van der Waals surface area contributed by atoms with Gasteiger partial charge in [-0.1, -0.05) is 34.1 Å². The first-order chi connectivity index (χ1) is 16.3. The van der Waals surface area contributed by atoms with E-state index in [1.807, 2.05) is 0 Å². The van der Waals surface area contributed by atoms with Crippen molar-refractivity contribution in [2.75, 3.05) is 6.61 Å². The summed E-state index contributed by atoms with van der Waals surface area (Å²) >= 11 is 0. The number of aliphatic hydroxyl groups is 2. The summed E-state index contributed by atoms with van der Waals surface area (Å²) in [6, 6.07) is 0. The molecular weight excluding hydrogens is 444 g/mol. The minimum Gasteiger partial charge on any atom is -0.463 e. The van der Waals surface area contributed by atoms with Crippen LogP contribution in [0, 0.1) is 45.3 Å². The van der Waals surface area contributed by atoms with Crippen LogP contribution in [-0.4, -0.2) is 41.2 Å². The first-order valence-electron chi connectivity index (χ1n) is 13.8. The molecule has 1 aliphatic heterocycles. The predicted molar refractivity (Wildman–Crippen MR) is 131 cm³/mol. The van der Waals surface area contributed by atoms with E-state index < -0.39 is 24.3 Å². The molecule has 6 heteroatoms. The Morgan fingerprint density at radius 1 is 1.09 bits per heavy atom. The predicted octanol–water partition coefficient (Wildman–Crippen LogP) is 4.77. The van der Waals surface area contributed by atoms with Crippen LogP contribution < -0.4 is 0 Å². The Morgan fingerprint density at radius 3 is 2.43 bits per heavy atom. The Kier molecular flexibility index (Phi) is 5.99. The van der Waals surface area contributed by atoms with E-state index in [1.54, 1.807) is 0 Å². The van der Waals surface area contributed by atoms with E-state index in [1.165, 1.54) is 45.1 Å². The molecule has 35 heavy (non-hydrogen) atoms. The summed E-state index contributed by atoms with van der Waals surface area (Å²) in [6.07, 6.45) is 9.19. The van der Waals surface area contributed by atoms with Crippen molar-refractivity contribution in [3.63, 3.8) is 0 Å². The average Bonchev–Trinajstić information content (AvgIpc) is 3.31. The molecule has 6 nitrogen and oxygen atoms in total. The van der Waals surface area contributed by atoms with Crippen molar-refractivity contribution in [3.05, 3.63) is 11.6 Å². The molecule has 4 aliphatic carbocycles. The number of hydrogen-bond acceptors (Lipinski definition) is 6. The number of carbonyl (C=O) groups excluding carboxylic acids is 2. The average molecular weight is 489 g/mol. The highest BCUT2D eigenvalue weighted by molar-refractivity contribution is 5.85. The summed E-state index contributed by atoms with van der Waals surface area (Å²) in [5.41, 5.74) is 1.26. The van der Waals surface area contributed by atoms with Gasteiger partial charge in [0, 0.05) is 17.1 Å². The van der Waals surface area contributed by atoms with Crippen LogP contribution in [0.3, 0.4) is 0 Å². The fraction of sp³-hybridized carbons (Fsp3) is 0.862. The smallest absolute Gasteiger partial charge is 0.334 e. The Labute approximate surface area is 209 Å². The van der Waals surface area contributed by atoms with Crippen LogP contribution in [0.2, 0.25) is 0 Å². The minimum absolute atomic E-state index is 0.0376. The molecule has 0 amide bonds. The Morgan fingerprint density at radius 2 is 1.77 bits per heavy atom. The van der Waals surface area contributed by atoms with Gasteiger partial charge < -0.3 is 19.7 Å². The molecule has 2 unspecified atom stereocenters. The fourth-order valence-corrected chi connectivity index (χ4v) is 10.3. The lowest BCUT2D eigenvalue weighted by atomic mass is 9.37. The van der Waals surface area contributed by atoms with Gasteiger partial charge in [-0.25, -0.2) is 9.59 Å². The number of esters is 2. The molecule has 4 fully saturated rings. The zero-order valence-electron chi connectivity index (χ0n) is 22.1. The Hall–Kier alpha value is -1.40. The molecule has 0 aromatic heterocycles. The van der Waals surface area contributed by atoms with Crippen molar-refractivity contribution < 1.29 is 29.3 Å². The quantitative estimate of drug-likeness (QED) is 0.554. The zero-order valence-corrected chi connectivity index (χ0v) is 22.1. The van der Waals surface area contributed by atoms with Crippen LogP contribution in [0.15, 0.2) is 11.6 Å². The molecule has 0 aromatic carbocycles. The summed E-state index contributed by atoms with van der Waals surface area (Å²) in [5, 5.41) is 20.2. The molecule has 5 aliphatic rings. The van der Waals surface area contributed by atoms with E-state index in [2.05, 4.69) is 27.7 Å². The lowest BCUT2D eigenvalue weighted by molar-refractivity contribution is -0.198. The normalized spacial score (nSPS) is 47.1. The van der Waals surface area contributed by atoms with Gasteiger partial charge in [-0.05, 0) is 98.2 Å². The van der Waals surface area contributed by atoms with E-state index in [-0.39, 0.29) is 16.7 Å². The van der Waals surface area contributed by atoms with Gasteiger partial charge >= 0.3 is 11.9 Å². The molecule has 196 valence electrons. The first-order valence-corrected chi connectivity index (χ1v) is 13.8. The summed E-state index contributed by atoms with van der Waals surface area (Å²) in [5.74, 6) is 0.654. The maximum absolute atomic E-state index is 12.3. The summed E-state index contributed by atoms with van der Waals surface area (Å²) in [4.78, 5) is 24.2. The lowest BCUT2D eigenvalue weighted by Gasteiger charge is -2.67. The van der Waals surface area contributed by atoms with E-state index >= 15 is 0 Å². The molecule has 2 N–H and O–H groups in total. The van der Waals surface area contributed by atoms with E-state index in [0.29, 0.717) is 34.8 Å². The number of rotatable bonds is 4. The second kappa shape index (κ2) is 8.31. The van der Waals surface area contributed by atoms with Gasteiger partial charge in [0.2, 0.25) is 6.29 Å². The third-order valence-electron chi connectivity index (χ3n) is 11.6. The van der Waals surface area contributed by atoms with Crippen molar-refractivity contribution in [1.29, 1.82) is 0 Å². The third-order valence-corrected chi connectivity index (χ3v) is 11.6. The van der Waals surface area contributed by atoms with Crippen LogP contribution in [0.4, 0.5) is 0 Å². The maximum Gasteiger partial charge on any atom is 0.334 e. The molecule has 9 atom stereocenters. The van der Waals surface area contributed by atoms with Crippen molar-refractivity contribution >= 4 is 11.9 Å². The van der Waals surface area contributed by atoms with Crippen LogP contribution >= 0.6 is 0 Å². The maximum atomic E-state index is 12.3. The summed E-state index contributed by atoms with van der Waals surface area (Å²) in [6.45, 7) is 11.7. The molecular formula is C29H44O6. The van der Waals surface area contributed by atoms with Crippen molar-refractivity contribution in [3.8, 4) is 0 Å². The van der Waals surface area contributed by atoms with Crippen LogP contribution in [0.5, 0.6) is 0 Å². The summed E-state index contributed by atoms with van der Waals surface area (Å²) < 4.78 is 10.8. The van der Waals surface area contributed by atoms with E-state index in [0.717, 1.165) is 31.6 Å². The largest absolute Gasteiger partial charge is 0.463 e. The molecule has 5 rings (SSSR count). The number of fused-ring (bicyclic) bond motifs is 5. The van der Waals surface area contributed by atoms with Gasteiger partial charge in [0.1, 0.15) is 6.10 Å². The summed E-state index contributed by atoms with van der Waals surface area (Å²) in [7, 11) is 0. The number of cyclic esters (lactones) is 1. The number of hydrogen-bond donors (Lipinski definition) is 2. The highest BCUT2D eigenvalue weighted by atomic mass is 16.6. The van der Waals surface area contributed by atoms with Crippen LogP contribution in [0.1, 0.15) is 92.4 Å². The molecule has 1 heterocycles. The second-order valence-corrected chi connectivity index (χ2v) is 13.8. The first kappa shape index (κ1) is 25.3. The number of aliphatic hydroxyl groups excluding tert-OH is 2. The van der Waals surface area contributed by atoms with Gasteiger partial charge in [-0.2, -0.15) is 0 Å². The molecule has 0 bridgehead atoms. The standard InChI is InChI=1S/C29H44O6/c1-17(30)24(32)34-16-29-12-8-21-27(4)10-6-9-26(2,3)20(27)7-11-28(21,5)22(29)13-18(15-29)19-14-23(31)35-25(19)33/h14,17-18,20-22,25,30,33H,6-13,15-16H2,1-5H3/t17?,18-,20-,21+,22-,25?,27-,28+,29+/m0/s1. The monoisotopic (exact) mass is 488 g/mol. The minimum atomic E-state index is -1.17. The SMILES string of the molecule is CC(O)C(=O)OC[C@]12CC[C@H]3[C@@](C)(CC[C@H]4C(C)(C)CCC[C@]34C)[C@@H]1C[C@H](C1=CC(=O)OC1O)C2. The highest BCUT2D eigenvalue weighted by Gasteiger charge is 2.67. The van der Waals surface area contributed by atoms with Gasteiger partial charge in [0.15, 0.2) is 0 Å². The van der Waals surface area contributed by atoms with Gasteiger partial charge in [-0.3, -0.25) is 0 Å². The van der Waals surface area contributed by atoms with Crippen molar-refractivity contribution in [2.24, 2.45) is 45.3 Å². The van der Waals surface area contributed by atoms with Crippen LogP contribution in [0.25, 0.3) is 0 Å². The Bertz CT molecular complexity index is 922. The topological polar surface area (TPSA) is 93.1 Å². The highest BCUT2D eigenvalue weighted by Crippen LogP contribution is 2.74. The molecule has 0 radical (unpaired) electrons.